The van der Waals surface area contributed by atoms with Gasteiger partial charge in [-0.3, -0.25) is 19.3 Å². The molecule has 1 fully saturated rings. The van der Waals surface area contributed by atoms with Gasteiger partial charge in [0.15, 0.2) is 0 Å². The molecule has 1 aromatic heterocycles. The number of carbonyl (C=O) groups excluding carboxylic acids is 4. The zero-order valence-corrected chi connectivity index (χ0v) is 18.3. The van der Waals surface area contributed by atoms with Gasteiger partial charge in [0.2, 0.25) is 11.8 Å². The zero-order valence-electron chi connectivity index (χ0n) is 17.5. The predicted molar refractivity (Wildman–Crippen MR) is 114 cm³/mol. The third kappa shape index (κ3) is 4.04. The van der Waals surface area contributed by atoms with Crippen molar-refractivity contribution in [1.82, 2.24) is 4.90 Å². The molecule has 2 heterocycles. The molecule has 9 heteroatoms. The number of hydrogen-bond donors (Lipinski definition) is 0. The number of allylic oxidation sites excluding steroid dienone is 2. The second-order valence-electron chi connectivity index (χ2n) is 7.64. The minimum Gasteiger partial charge on any atom is -0.462 e. The van der Waals surface area contributed by atoms with Crippen molar-refractivity contribution in [3.05, 3.63) is 46.6 Å². The van der Waals surface area contributed by atoms with Gasteiger partial charge < -0.3 is 9.47 Å². The Labute approximate surface area is 187 Å². The number of likely N-dealkylation sites (tertiary alicyclic amines) is 1. The normalized spacial score (nSPS) is 20.0. The predicted octanol–water partition coefficient (Wildman–Crippen LogP) is 3.60. The molecule has 2 aromatic rings. The van der Waals surface area contributed by atoms with Crippen molar-refractivity contribution in [2.24, 2.45) is 11.8 Å². The lowest BCUT2D eigenvalue weighted by Crippen LogP contribution is -2.33. The van der Waals surface area contributed by atoms with Crippen LogP contribution in [-0.4, -0.2) is 41.8 Å². The number of benzene rings is 1. The molecular formula is C23H22FNO6S. The maximum absolute atomic E-state index is 14.4. The molecule has 0 saturated carbocycles. The van der Waals surface area contributed by atoms with Gasteiger partial charge in [-0.1, -0.05) is 18.2 Å². The summed E-state index contributed by atoms with van der Waals surface area (Å²) in [5.74, 6) is -3.00. The highest BCUT2D eigenvalue weighted by Crippen LogP contribution is 2.36. The second kappa shape index (κ2) is 9.20. The van der Waals surface area contributed by atoms with E-state index in [0.29, 0.717) is 17.5 Å². The molecule has 2 aliphatic rings. The number of rotatable bonds is 7. The quantitative estimate of drug-likeness (QED) is 0.357. The van der Waals surface area contributed by atoms with E-state index in [0.717, 1.165) is 16.2 Å². The Bertz CT molecular complexity index is 1100. The topological polar surface area (TPSA) is 90.0 Å². The first-order valence-corrected chi connectivity index (χ1v) is 11.3. The summed E-state index contributed by atoms with van der Waals surface area (Å²) in [5.41, 5.74) is 0.250. The van der Waals surface area contributed by atoms with Crippen LogP contribution in [0.3, 0.4) is 0 Å². The lowest BCUT2D eigenvalue weighted by atomic mass is 9.85. The summed E-state index contributed by atoms with van der Waals surface area (Å²) in [4.78, 5) is 51.0. The molecule has 32 heavy (non-hydrogen) atoms. The van der Waals surface area contributed by atoms with Crippen molar-refractivity contribution in [2.75, 3.05) is 13.2 Å². The van der Waals surface area contributed by atoms with Crippen molar-refractivity contribution in [3.63, 3.8) is 0 Å². The number of hydrogen-bond acceptors (Lipinski definition) is 7. The SMILES string of the molecule is CCOC(=O)c1sc2cccc(F)c2c1COC(=O)CCN1C(=O)[C@H]2CC=CC[C@H]2C1=O. The van der Waals surface area contributed by atoms with Gasteiger partial charge >= 0.3 is 11.9 Å². The number of halogens is 1. The van der Waals surface area contributed by atoms with Crippen LogP contribution in [0.2, 0.25) is 0 Å². The first-order chi connectivity index (χ1) is 15.4. The number of nitrogens with zero attached hydrogens (tertiary/aromatic N) is 1. The molecule has 0 radical (unpaired) electrons. The van der Waals surface area contributed by atoms with Crippen LogP contribution >= 0.6 is 11.3 Å². The maximum atomic E-state index is 14.4. The van der Waals surface area contributed by atoms with Crippen molar-refractivity contribution in [3.8, 4) is 0 Å². The smallest absolute Gasteiger partial charge is 0.348 e. The second-order valence-corrected chi connectivity index (χ2v) is 8.69. The van der Waals surface area contributed by atoms with Crippen LogP contribution in [0.1, 0.15) is 41.4 Å². The molecule has 2 atom stereocenters. The van der Waals surface area contributed by atoms with Crippen LogP contribution < -0.4 is 0 Å². The third-order valence-corrected chi connectivity index (χ3v) is 6.92. The Morgan fingerprint density at radius 2 is 1.81 bits per heavy atom. The summed E-state index contributed by atoms with van der Waals surface area (Å²) in [6.45, 7) is 1.45. The number of thiophene rings is 1. The fourth-order valence-corrected chi connectivity index (χ4v) is 5.30. The highest BCUT2D eigenvalue weighted by atomic mass is 32.1. The summed E-state index contributed by atoms with van der Waals surface area (Å²) < 4.78 is 25.3. The number of imide groups is 1. The lowest BCUT2D eigenvalue weighted by Gasteiger charge is -2.14. The first-order valence-electron chi connectivity index (χ1n) is 10.4. The highest BCUT2D eigenvalue weighted by molar-refractivity contribution is 7.21. The van der Waals surface area contributed by atoms with E-state index >= 15 is 0 Å². The van der Waals surface area contributed by atoms with Crippen LogP contribution in [0.15, 0.2) is 30.4 Å². The average Bonchev–Trinajstić information content (AvgIpc) is 3.28. The molecule has 0 N–H and O–H groups in total. The molecule has 1 aromatic carbocycles. The van der Waals surface area contributed by atoms with Crippen molar-refractivity contribution < 1.29 is 33.0 Å². The monoisotopic (exact) mass is 459 g/mol. The van der Waals surface area contributed by atoms with Gasteiger partial charge in [0, 0.05) is 22.2 Å². The Kier molecular flexibility index (Phi) is 6.36. The summed E-state index contributed by atoms with van der Waals surface area (Å²) >= 11 is 1.07. The van der Waals surface area contributed by atoms with Gasteiger partial charge in [-0.25, -0.2) is 9.18 Å². The zero-order chi connectivity index (χ0) is 22.8. The van der Waals surface area contributed by atoms with Crippen LogP contribution in [0.5, 0.6) is 0 Å². The van der Waals surface area contributed by atoms with E-state index in [4.69, 9.17) is 9.47 Å². The lowest BCUT2D eigenvalue weighted by molar-refractivity contribution is -0.146. The van der Waals surface area contributed by atoms with Gasteiger partial charge in [0.05, 0.1) is 24.9 Å². The van der Waals surface area contributed by atoms with Crippen molar-refractivity contribution in [2.45, 2.75) is 32.8 Å². The average molecular weight is 459 g/mol. The van der Waals surface area contributed by atoms with Crippen molar-refractivity contribution >= 4 is 45.2 Å². The number of fused-ring (bicyclic) bond motifs is 2. The van der Waals surface area contributed by atoms with Gasteiger partial charge in [-0.2, -0.15) is 0 Å². The molecule has 0 unspecified atom stereocenters. The molecule has 2 amide bonds. The minimum absolute atomic E-state index is 0.0625. The molecule has 0 bridgehead atoms. The fourth-order valence-electron chi connectivity index (χ4n) is 4.18. The fraction of sp³-hybridized carbons (Fsp3) is 0.391. The molecule has 1 saturated heterocycles. The Hall–Kier alpha value is -3.07. The van der Waals surface area contributed by atoms with Gasteiger partial charge in [-0.15, -0.1) is 11.3 Å². The Morgan fingerprint density at radius 1 is 1.12 bits per heavy atom. The molecular weight excluding hydrogens is 437 g/mol. The number of amides is 2. The first kappa shape index (κ1) is 22.1. The standard InChI is InChI=1S/C23H22FNO6S/c1-2-30-23(29)20-15(19-16(24)8-5-9-17(19)32-20)12-31-18(26)10-11-25-21(27)13-6-3-4-7-14(13)22(25)28/h3-5,8-9,13-14H,2,6-7,10-12H2,1H3/t13-,14+. The Balaban J connectivity index is 1.43. The summed E-state index contributed by atoms with van der Waals surface area (Å²) in [7, 11) is 0. The van der Waals surface area contributed by atoms with Crippen molar-refractivity contribution in [1.29, 1.82) is 0 Å². The number of carbonyl (C=O) groups is 4. The van der Waals surface area contributed by atoms with E-state index in [-0.39, 0.29) is 65.7 Å². The molecule has 1 aliphatic heterocycles. The van der Waals surface area contributed by atoms with Gasteiger partial charge in [0.1, 0.15) is 17.3 Å². The molecule has 168 valence electrons. The van der Waals surface area contributed by atoms with Crippen LogP contribution in [0.25, 0.3) is 10.1 Å². The van der Waals surface area contributed by atoms with E-state index in [1.807, 2.05) is 12.2 Å². The van der Waals surface area contributed by atoms with E-state index in [2.05, 4.69) is 0 Å². The van der Waals surface area contributed by atoms with Gasteiger partial charge in [-0.05, 0) is 31.9 Å². The largest absolute Gasteiger partial charge is 0.462 e. The van der Waals surface area contributed by atoms with Crippen LogP contribution in [-0.2, 0) is 30.5 Å². The minimum atomic E-state index is -0.649. The van der Waals surface area contributed by atoms with Crippen LogP contribution in [0.4, 0.5) is 4.39 Å². The van der Waals surface area contributed by atoms with E-state index in [9.17, 15) is 23.6 Å². The molecule has 4 rings (SSSR count). The molecule has 0 spiro atoms. The van der Waals surface area contributed by atoms with E-state index in [1.54, 1.807) is 13.0 Å². The molecule has 7 nitrogen and oxygen atoms in total. The summed E-state index contributed by atoms with van der Waals surface area (Å²) in [6.07, 6.45) is 4.68. The van der Waals surface area contributed by atoms with Crippen LogP contribution in [0, 0.1) is 17.7 Å². The summed E-state index contributed by atoms with van der Waals surface area (Å²) in [6, 6.07) is 4.49. The Morgan fingerprint density at radius 3 is 2.47 bits per heavy atom. The number of ether oxygens (including phenoxy) is 2. The maximum Gasteiger partial charge on any atom is 0.348 e. The van der Waals surface area contributed by atoms with Gasteiger partial charge in [0.25, 0.3) is 0 Å². The highest BCUT2D eigenvalue weighted by Gasteiger charge is 2.46. The third-order valence-electron chi connectivity index (χ3n) is 5.74. The summed E-state index contributed by atoms with van der Waals surface area (Å²) in [5, 5.41) is 0.217. The van der Waals surface area contributed by atoms with E-state index < -0.39 is 17.8 Å². The molecule has 1 aliphatic carbocycles. The van der Waals surface area contributed by atoms with E-state index in [1.165, 1.54) is 12.1 Å². The number of esters is 2.